The Kier molecular flexibility index (Phi) is 4.42. The molecular formula is C24H25NO5. The van der Waals surface area contributed by atoms with Crippen molar-refractivity contribution in [2.75, 3.05) is 13.2 Å². The third-order valence-electron chi connectivity index (χ3n) is 7.49. The number of imide groups is 1. The minimum absolute atomic E-state index is 0.0239. The number of hydrogen-bond acceptors (Lipinski definition) is 5. The van der Waals surface area contributed by atoms with Crippen LogP contribution in [-0.2, 0) is 19.1 Å². The molecule has 2 saturated carbocycles. The highest BCUT2D eigenvalue weighted by atomic mass is 16.5. The highest BCUT2D eigenvalue weighted by Gasteiger charge is 2.66. The van der Waals surface area contributed by atoms with Gasteiger partial charge in [0.2, 0.25) is 11.8 Å². The molecule has 0 aromatic heterocycles. The van der Waals surface area contributed by atoms with Crippen LogP contribution in [-0.4, -0.2) is 41.6 Å². The van der Waals surface area contributed by atoms with Gasteiger partial charge in [0.05, 0.1) is 18.3 Å². The number of esters is 1. The van der Waals surface area contributed by atoms with Gasteiger partial charge < -0.3 is 4.74 Å². The summed E-state index contributed by atoms with van der Waals surface area (Å²) in [7, 11) is 0. The van der Waals surface area contributed by atoms with E-state index < -0.39 is 5.97 Å². The zero-order valence-electron chi connectivity index (χ0n) is 17.2. The molecule has 4 aliphatic carbocycles. The van der Waals surface area contributed by atoms with Crippen LogP contribution in [0.4, 0.5) is 0 Å². The van der Waals surface area contributed by atoms with Gasteiger partial charge in [-0.2, -0.15) is 0 Å². The van der Waals surface area contributed by atoms with Crippen LogP contribution >= 0.6 is 0 Å². The van der Waals surface area contributed by atoms with Crippen LogP contribution in [0.15, 0.2) is 30.4 Å². The van der Waals surface area contributed by atoms with E-state index in [1.165, 1.54) is 4.90 Å². The molecule has 1 saturated heterocycles. The van der Waals surface area contributed by atoms with E-state index in [9.17, 15) is 19.2 Å². The number of likely N-dealkylation sites (tertiary alicyclic amines) is 1. The highest BCUT2D eigenvalue weighted by molar-refractivity contribution is 6.06. The minimum Gasteiger partial charge on any atom is -0.457 e. The lowest BCUT2D eigenvalue weighted by atomic mass is 9.63. The van der Waals surface area contributed by atoms with Gasteiger partial charge in [0.1, 0.15) is 0 Å². The van der Waals surface area contributed by atoms with Crippen molar-refractivity contribution >= 4 is 23.6 Å². The summed E-state index contributed by atoms with van der Waals surface area (Å²) in [6, 6.07) is 5.36. The summed E-state index contributed by atoms with van der Waals surface area (Å²) in [5.74, 6) is -0.180. The predicted molar refractivity (Wildman–Crippen MR) is 107 cm³/mol. The molecular weight excluding hydrogens is 382 g/mol. The third kappa shape index (κ3) is 2.92. The Balaban J connectivity index is 1.15. The Morgan fingerprint density at radius 3 is 2.23 bits per heavy atom. The number of allylic oxidation sites excluding steroid dienone is 2. The summed E-state index contributed by atoms with van der Waals surface area (Å²) in [5, 5.41) is 0. The maximum atomic E-state index is 12.9. The SMILES string of the molecule is Cc1ccc(C(=O)COC(=O)CCN2C(=O)C3C4C=CC(C5CC45)C3C2=O)cc1C. The molecule has 0 N–H and O–H groups in total. The second kappa shape index (κ2) is 6.89. The number of nitrogens with zero attached hydrogens (tertiary/aromatic N) is 1. The standard InChI is InChI=1S/C24H25NO5/c1-12-3-4-14(9-13(12)2)19(26)11-30-20(27)7-8-25-23(28)21-15-5-6-16(18-10-17(15)18)22(21)24(25)29/h3-6,9,15-18,21-22H,7-8,10-11H2,1-2H3. The first-order chi connectivity index (χ1) is 14.4. The Morgan fingerprint density at radius 1 is 1.00 bits per heavy atom. The van der Waals surface area contributed by atoms with Crippen LogP contribution in [0.2, 0.25) is 0 Å². The normalized spacial score (nSPS) is 32.8. The summed E-state index contributed by atoms with van der Waals surface area (Å²) in [6.45, 7) is 3.57. The van der Waals surface area contributed by atoms with Gasteiger partial charge >= 0.3 is 5.97 Å². The molecule has 2 amide bonds. The van der Waals surface area contributed by atoms with Crippen molar-refractivity contribution in [3.63, 3.8) is 0 Å². The fourth-order valence-electron chi connectivity index (χ4n) is 5.66. The van der Waals surface area contributed by atoms with Gasteiger partial charge in [-0.05, 0) is 61.1 Å². The molecule has 1 aliphatic heterocycles. The Labute approximate surface area is 175 Å². The van der Waals surface area contributed by atoms with Gasteiger partial charge in [0, 0.05) is 12.1 Å². The molecule has 5 aliphatic rings. The Hall–Kier alpha value is -2.76. The first-order valence-corrected chi connectivity index (χ1v) is 10.7. The monoisotopic (exact) mass is 407 g/mol. The van der Waals surface area contributed by atoms with Gasteiger partial charge in [0.15, 0.2) is 12.4 Å². The summed E-state index contributed by atoms with van der Waals surface area (Å²) in [5.41, 5.74) is 2.59. The van der Waals surface area contributed by atoms with Crippen molar-refractivity contribution in [3.05, 3.63) is 47.0 Å². The number of hydrogen-bond donors (Lipinski definition) is 0. The summed E-state index contributed by atoms with van der Waals surface area (Å²) >= 11 is 0. The van der Waals surface area contributed by atoms with Gasteiger partial charge in [-0.1, -0.05) is 24.3 Å². The highest BCUT2D eigenvalue weighted by Crippen LogP contribution is 2.65. The molecule has 6 atom stereocenters. The largest absolute Gasteiger partial charge is 0.457 e. The molecule has 2 bridgehead atoms. The number of rotatable bonds is 6. The number of carbonyl (C=O) groups is 4. The van der Waals surface area contributed by atoms with Crippen LogP contribution in [0.25, 0.3) is 0 Å². The number of carbonyl (C=O) groups excluding carboxylic acids is 4. The average Bonchev–Trinajstić information content (AvgIpc) is 3.51. The van der Waals surface area contributed by atoms with E-state index in [1.54, 1.807) is 12.1 Å². The molecule has 30 heavy (non-hydrogen) atoms. The Bertz CT molecular complexity index is 959. The molecule has 1 heterocycles. The summed E-state index contributed by atoms with van der Waals surface area (Å²) < 4.78 is 5.11. The number of ether oxygens (including phenoxy) is 1. The van der Waals surface area contributed by atoms with Gasteiger partial charge in [-0.15, -0.1) is 0 Å². The molecule has 6 unspecified atom stereocenters. The van der Waals surface area contributed by atoms with E-state index in [0.29, 0.717) is 17.4 Å². The second-order valence-corrected chi connectivity index (χ2v) is 9.12. The molecule has 6 nitrogen and oxygen atoms in total. The second-order valence-electron chi connectivity index (χ2n) is 9.12. The minimum atomic E-state index is -0.577. The van der Waals surface area contributed by atoms with E-state index in [-0.39, 0.29) is 60.8 Å². The van der Waals surface area contributed by atoms with Crippen molar-refractivity contribution in [2.45, 2.75) is 26.7 Å². The van der Waals surface area contributed by atoms with Crippen molar-refractivity contribution in [1.82, 2.24) is 4.90 Å². The number of benzene rings is 1. The molecule has 1 aromatic rings. The smallest absolute Gasteiger partial charge is 0.308 e. The number of ketones is 1. The summed E-state index contributed by atoms with van der Waals surface area (Å²) in [6.07, 6.45) is 5.28. The maximum Gasteiger partial charge on any atom is 0.308 e. The zero-order valence-corrected chi connectivity index (χ0v) is 17.2. The fourth-order valence-corrected chi connectivity index (χ4v) is 5.66. The molecule has 156 valence electrons. The first kappa shape index (κ1) is 19.2. The van der Waals surface area contributed by atoms with Crippen LogP contribution in [0.3, 0.4) is 0 Å². The third-order valence-corrected chi connectivity index (χ3v) is 7.49. The lowest BCUT2D eigenvalue weighted by molar-refractivity contribution is -0.145. The van der Waals surface area contributed by atoms with Gasteiger partial charge in [-0.3, -0.25) is 24.1 Å². The zero-order chi connectivity index (χ0) is 21.2. The van der Waals surface area contributed by atoms with Crippen molar-refractivity contribution < 1.29 is 23.9 Å². The molecule has 3 fully saturated rings. The van der Waals surface area contributed by atoms with E-state index in [1.807, 2.05) is 19.9 Å². The fraction of sp³-hybridized carbons (Fsp3) is 0.500. The van der Waals surface area contributed by atoms with Crippen LogP contribution in [0.5, 0.6) is 0 Å². The first-order valence-electron chi connectivity index (χ1n) is 10.7. The lowest BCUT2D eigenvalue weighted by Gasteiger charge is -2.37. The van der Waals surface area contributed by atoms with Crippen molar-refractivity contribution in [2.24, 2.45) is 35.5 Å². The van der Waals surface area contributed by atoms with Gasteiger partial charge in [0.25, 0.3) is 0 Å². The summed E-state index contributed by atoms with van der Waals surface area (Å²) in [4.78, 5) is 51.4. The molecule has 0 radical (unpaired) electrons. The van der Waals surface area contributed by atoms with Crippen LogP contribution < -0.4 is 0 Å². The molecule has 1 aromatic carbocycles. The lowest BCUT2D eigenvalue weighted by Crippen LogP contribution is -2.40. The number of amides is 2. The number of aryl methyl sites for hydroxylation is 2. The Morgan fingerprint density at radius 2 is 1.63 bits per heavy atom. The molecule has 6 heteroatoms. The van der Waals surface area contributed by atoms with E-state index in [2.05, 4.69) is 12.2 Å². The van der Waals surface area contributed by atoms with Crippen LogP contribution in [0, 0.1) is 49.4 Å². The van der Waals surface area contributed by atoms with E-state index in [4.69, 9.17) is 4.74 Å². The number of Topliss-reactive ketones (excluding diaryl/α,β-unsaturated/α-hetero) is 1. The topological polar surface area (TPSA) is 80.8 Å². The van der Waals surface area contributed by atoms with Gasteiger partial charge in [-0.25, -0.2) is 0 Å². The van der Waals surface area contributed by atoms with Crippen LogP contribution in [0.1, 0.15) is 34.3 Å². The predicted octanol–water partition coefficient (Wildman–Crippen LogP) is 2.47. The van der Waals surface area contributed by atoms with E-state index in [0.717, 1.165) is 17.5 Å². The molecule has 0 spiro atoms. The quantitative estimate of drug-likeness (QED) is 0.313. The van der Waals surface area contributed by atoms with Crippen molar-refractivity contribution in [3.8, 4) is 0 Å². The molecule has 6 rings (SSSR count). The van der Waals surface area contributed by atoms with Crippen molar-refractivity contribution in [1.29, 1.82) is 0 Å². The average molecular weight is 407 g/mol. The van der Waals surface area contributed by atoms with E-state index >= 15 is 0 Å². The maximum absolute atomic E-state index is 12.9.